The van der Waals surface area contributed by atoms with E-state index in [1.807, 2.05) is 6.92 Å². The van der Waals surface area contributed by atoms with E-state index in [1.54, 1.807) is 24.3 Å². The molecule has 0 saturated carbocycles. The van der Waals surface area contributed by atoms with Crippen molar-refractivity contribution in [1.82, 2.24) is 10.6 Å². The zero-order valence-electron chi connectivity index (χ0n) is 11.3. The lowest BCUT2D eigenvalue weighted by Gasteiger charge is -2.14. The minimum absolute atomic E-state index is 0.0666. The van der Waals surface area contributed by atoms with Crippen LogP contribution in [-0.2, 0) is 11.3 Å². The predicted molar refractivity (Wildman–Crippen MR) is 72.6 cm³/mol. The third-order valence-corrected chi connectivity index (χ3v) is 2.81. The van der Waals surface area contributed by atoms with Crippen LogP contribution < -0.4 is 10.6 Å². The van der Waals surface area contributed by atoms with Crippen LogP contribution in [0.5, 0.6) is 0 Å². The highest BCUT2D eigenvalue weighted by Crippen LogP contribution is 2.05. The monoisotopic (exact) mass is 264 g/mol. The molecule has 0 unspecified atom stereocenters. The summed E-state index contributed by atoms with van der Waals surface area (Å²) in [7, 11) is 0. The fraction of sp³-hybridized carbons (Fsp3) is 0.429. The lowest BCUT2D eigenvalue weighted by Crippen LogP contribution is -2.36. The smallest absolute Gasteiger partial charge is 0.251 e. The molecule has 0 aliphatic rings. The largest absolute Gasteiger partial charge is 0.394 e. The summed E-state index contributed by atoms with van der Waals surface area (Å²) in [5.74, 6) is -0.289. The maximum absolute atomic E-state index is 11.9. The number of benzene rings is 1. The zero-order chi connectivity index (χ0) is 14.3. The summed E-state index contributed by atoms with van der Waals surface area (Å²) in [6.07, 6.45) is 0.683. The molecule has 0 saturated heterocycles. The number of rotatable bonds is 6. The maximum atomic E-state index is 11.9. The van der Waals surface area contributed by atoms with Crippen LogP contribution in [0.15, 0.2) is 24.3 Å². The van der Waals surface area contributed by atoms with Gasteiger partial charge in [-0.2, -0.15) is 0 Å². The molecule has 1 rings (SSSR count). The first-order valence-electron chi connectivity index (χ1n) is 6.32. The fourth-order valence-electron chi connectivity index (χ4n) is 1.55. The summed E-state index contributed by atoms with van der Waals surface area (Å²) in [6.45, 7) is 3.74. The number of hydrogen-bond donors (Lipinski definition) is 3. The van der Waals surface area contributed by atoms with Gasteiger partial charge in [0.1, 0.15) is 0 Å². The normalized spacial score (nSPS) is 11.7. The van der Waals surface area contributed by atoms with Crippen LogP contribution in [0.3, 0.4) is 0 Å². The van der Waals surface area contributed by atoms with E-state index in [0.717, 1.165) is 5.56 Å². The van der Waals surface area contributed by atoms with Crippen LogP contribution >= 0.6 is 0 Å². The molecule has 0 fully saturated rings. The van der Waals surface area contributed by atoms with Crippen LogP contribution in [0.1, 0.15) is 36.2 Å². The third-order valence-electron chi connectivity index (χ3n) is 2.81. The Morgan fingerprint density at radius 2 is 1.89 bits per heavy atom. The van der Waals surface area contributed by atoms with E-state index in [1.165, 1.54) is 6.92 Å². The van der Waals surface area contributed by atoms with Gasteiger partial charge in [0.25, 0.3) is 5.91 Å². The first-order chi connectivity index (χ1) is 9.06. The van der Waals surface area contributed by atoms with Gasteiger partial charge in [-0.05, 0) is 24.1 Å². The second-order valence-electron chi connectivity index (χ2n) is 4.37. The molecule has 0 aromatic heterocycles. The molecule has 0 heterocycles. The summed E-state index contributed by atoms with van der Waals surface area (Å²) < 4.78 is 0. The number of hydrogen-bond acceptors (Lipinski definition) is 3. The highest BCUT2D eigenvalue weighted by atomic mass is 16.3. The molecule has 1 aromatic carbocycles. The number of aliphatic hydroxyl groups is 1. The van der Waals surface area contributed by atoms with Crippen molar-refractivity contribution >= 4 is 11.8 Å². The third kappa shape index (κ3) is 5.09. The standard InChI is InChI=1S/C14H20N2O3/c1-3-13(9-17)16-14(19)12-6-4-11(5-7-12)8-15-10(2)18/h4-7,13,17H,3,8-9H2,1-2H3,(H,15,18)(H,16,19)/t13-/m1/s1. The Kier molecular flexibility index (Phi) is 6.02. The van der Waals surface area contributed by atoms with Crippen molar-refractivity contribution in [1.29, 1.82) is 0 Å². The van der Waals surface area contributed by atoms with Crippen LogP contribution in [0, 0.1) is 0 Å². The van der Waals surface area contributed by atoms with Crippen molar-refractivity contribution in [2.24, 2.45) is 0 Å². The molecule has 5 nitrogen and oxygen atoms in total. The first-order valence-corrected chi connectivity index (χ1v) is 6.32. The summed E-state index contributed by atoms with van der Waals surface area (Å²) >= 11 is 0. The van der Waals surface area contributed by atoms with E-state index in [2.05, 4.69) is 10.6 Å². The molecule has 104 valence electrons. The van der Waals surface area contributed by atoms with Gasteiger partial charge in [-0.15, -0.1) is 0 Å². The van der Waals surface area contributed by atoms with Gasteiger partial charge in [-0.3, -0.25) is 9.59 Å². The van der Waals surface area contributed by atoms with E-state index in [-0.39, 0.29) is 24.5 Å². The van der Waals surface area contributed by atoms with Crippen molar-refractivity contribution in [3.63, 3.8) is 0 Å². The van der Waals surface area contributed by atoms with E-state index in [9.17, 15) is 9.59 Å². The van der Waals surface area contributed by atoms with Crippen molar-refractivity contribution in [2.45, 2.75) is 32.9 Å². The molecular formula is C14H20N2O3. The van der Waals surface area contributed by atoms with E-state index < -0.39 is 0 Å². The lowest BCUT2D eigenvalue weighted by atomic mass is 10.1. The van der Waals surface area contributed by atoms with Crippen molar-refractivity contribution in [3.8, 4) is 0 Å². The Morgan fingerprint density at radius 1 is 1.26 bits per heavy atom. The topological polar surface area (TPSA) is 78.4 Å². The summed E-state index contributed by atoms with van der Waals surface area (Å²) in [5, 5.41) is 14.5. The second-order valence-corrected chi connectivity index (χ2v) is 4.37. The predicted octanol–water partition coefficient (Wildman–Crippen LogP) is 0.823. The molecule has 1 atom stereocenters. The van der Waals surface area contributed by atoms with Gasteiger partial charge < -0.3 is 15.7 Å². The summed E-state index contributed by atoms with van der Waals surface area (Å²) in [6, 6.07) is 6.79. The van der Waals surface area contributed by atoms with E-state index in [4.69, 9.17) is 5.11 Å². The molecule has 2 amide bonds. The average molecular weight is 264 g/mol. The van der Waals surface area contributed by atoms with Crippen LogP contribution in [0.2, 0.25) is 0 Å². The van der Waals surface area contributed by atoms with E-state index >= 15 is 0 Å². The molecule has 3 N–H and O–H groups in total. The Balaban J connectivity index is 2.60. The number of carbonyl (C=O) groups excluding carboxylic acids is 2. The van der Waals surface area contributed by atoms with Gasteiger partial charge in [-0.1, -0.05) is 19.1 Å². The van der Waals surface area contributed by atoms with Gasteiger partial charge in [0.15, 0.2) is 0 Å². The number of nitrogens with one attached hydrogen (secondary N) is 2. The van der Waals surface area contributed by atoms with Crippen molar-refractivity contribution in [3.05, 3.63) is 35.4 Å². The Morgan fingerprint density at radius 3 is 2.37 bits per heavy atom. The quantitative estimate of drug-likeness (QED) is 0.712. The Bertz CT molecular complexity index is 425. The molecule has 19 heavy (non-hydrogen) atoms. The fourth-order valence-corrected chi connectivity index (χ4v) is 1.55. The van der Waals surface area contributed by atoms with Crippen LogP contribution in [-0.4, -0.2) is 29.6 Å². The summed E-state index contributed by atoms with van der Waals surface area (Å²) in [5.41, 5.74) is 1.47. The number of aliphatic hydroxyl groups excluding tert-OH is 1. The lowest BCUT2D eigenvalue weighted by molar-refractivity contribution is -0.119. The minimum Gasteiger partial charge on any atom is -0.394 e. The van der Waals surface area contributed by atoms with Crippen LogP contribution in [0.4, 0.5) is 0 Å². The Hall–Kier alpha value is -1.88. The molecule has 0 spiro atoms. The highest BCUT2D eigenvalue weighted by Gasteiger charge is 2.10. The highest BCUT2D eigenvalue weighted by molar-refractivity contribution is 5.94. The number of carbonyl (C=O) groups is 2. The Labute approximate surface area is 113 Å². The van der Waals surface area contributed by atoms with Crippen molar-refractivity contribution < 1.29 is 14.7 Å². The number of amides is 2. The maximum Gasteiger partial charge on any atom is 0.251 e. The van der Waals surface area contributed by atoms with Gasteiger partial charge >= 0.3 is 0 Å². The molecule has 5 heteroatoms. The summed E-state index contributed by atoms with van der Waals surface area (Å²) in [4.78, 5) is 22.6. The van der Waals surface area contributed by atoms with E-state index in [0.29, 0.717) is 18.5 Å². The molecule has 0 aliphatic heterocycles. The average Bonchev–Trinajstić information content (AvgIpc) is 2.42. The van der Waals surface area contributed by atoms with Gasteiger partial charge in [0, 0.05) is 19.0 Å². The SMILES string of the molecule is CC[C@H](CO)NC(=O)c1ccc(CNC(C)=O)cc1. The first kappa shape index (κ1) is 15.2. The molecule has 0 radical (unpaired) electrons. The molecule has 0 aliphatic carbocycles. The minimum atomic E-state index is -0.216. The van der Waals surface area contributed by atoms with Gasteiger partial charge in [-0.25, -0.2) is 0 Å². The van der Waals surface area contributed by atoms with Crippen LogP contribution in [0.25, 0.3) is 0 Å². The molecular weight excluding hydrogens is 244 g/mol. The van der Waals surface area contributed by atoms with Gasteiger partial charge in [0.2, 0.25) is 5.91 Å². The second kappa shape index (κ2) is 7.53. The molecule has 1 aromatic rings. The van der Waals surface area contributed by atoms with Crippen molar-refractivity contribution in [2.75, 3.05) is 6.61 Å². The van der Waals surface area contributed by atoms with Gasteiger partial charge in [0.05, 0.1) is 12.6 Å². The zero-order valence-corrected chi connectivity index (χ0v) is 11.3. The molecule has 0 bridgehead atoms.